The number of amides is 1. The number of ether oxygens (including phenoxy) is 1. The lowest BCUT2D eigenvalue weighted by molar-refractivity contribution is -0.274. The summed E-state index contributed by atoms with van der Waals surface area (Å²) in [7, 11) is -2.91. The number of sulfone groups is 1. The first-order chi connectivity index (χ1) is 14.1. The molecule has 2 aliphatic rings. The Bertz CT molecular complexity index is 840. The number of hydrogen-bond donors (Lipinski definition) is 2. The molecule has 2 fully saturated rings. The molecule has 11 heteroatoms. The molecule has 0 aliphatic carbocycles. The number of nitrogens with zero attached hydrogens (tertiary/aromatic N) is 1. The van der Waals surface area contributed by atoms with E-state index in [-0.39, 0.29) is 53.9 Å². The standard InChI is InChI=1S/C19H26F3N3O4S/c20-19(21,22)29-17-4-2-1-3-14(17)11-23-18(26)12-25-8-5-15(6-9-25)24-16-7-10-30(27,28)13-16/h1-4,15-16,24H,5-13H2,(H,23,26)/t16-/m0/s1. The Morgan fingerprint density at radius 2 is 1.83 bits per heavy atom. The van der Waals surface area contributed by atoms with Gasteiger partial charge in [-0.25, -0.2) is 8.42 Å². The number of likely N-dealkylation sites (tertiary alicyclic amines) is 1. The van der Waals surface area contributed by atoms with E-state index in [1.165, 1.54) is 18.2 Å². The van der Waals surface area contributed by atoms with Crippen LogP contribution in [-0.2, 0) is 21.2 Å². The van der Waals surface area contributed by atoms with Crippen molar-refractivity contribution in [3.63, 3.8) is 0 Å². The van der Waals surface area contributed by atoms with Crippen LogP contribution in [-0.4, -0.2) is 68.8 Å². The molecule has 1 atom stereocenters. The number of piperidine rings is 1. The van der Waals surface area contributed by atoms with Crippen molar-refractivity contribution in [2.45, 2.75) is 44.3 Å². The fourth-order valence-electron chi connectivity index (χ4n) is 3.84. The molecule has 0 aromatic heterocycles. The summed E-state index contributed by atoms with van der Waals surface area (Å²) < 4.78 is 64.5. The highest BCUT2D eigenvalue weighted by molar-refractivity contribution is 7.91. The Balaban J connectivity index is 1.39. The predicted molar refractivity (Wildman–Crippen MR) is 105 cm³/mol. The van der Waals surface area contributed by atoms with Gasteiger partial charge in [-0.2, -0.15) is 0 Å². The van der Waals surface area contributed by atoms with Crippen LogP contribution in [0.15, 0.2) is 24.3 Å². The third-order valence-corrected chi connectivity index (χ3v) is 7.10. The highest BCUT2D eigenvalue weighted by Crippen LogP contribution is 2.26. The van der Waals surface area contributed by atoms with E-state index in [9.17, 15) is 26.4 Å². The molecular weight excluding hydrogens is 423 g/mol. The zero-order valence-electron chi connectivity index (χ0n) is 16.5. The van der Waals surface area contributed by atoms with Crippen LogP contribution in [0.2, 0.25) is 0 Å². The Morgan fingerprint density at radius 1 is 1.13 bits per heavy atom. The first-order valence-corrected chi connectivity index (χ1v) is 11.7. The lowest BCUT2D eigenvalue weighted by Gasteiger charge is -2.33. The molecule has 7 nitrogen and oxygen atoms in total. The van der Waals surface area contributed by atoms with Crippen LogP contribution in [0.5, 0.6) is 5.75 Å². The van der Waals surface area contributed by atoms with E-state index in [2.05, 4.69) is 15.4 Å². The molecule has 2 N–H and O–H groups in total. The number of nitrogens with one attached hydrogen (secondary N) is 2. The normalized spacial score (nSPS) is 22.7. The summed E-state index contributed by atoms with van der Waals surface area (Å²) in [6.07, 6.45) is -2.52. The number of carbonyl (C=O) groups is 1. The first kappa shape index (κ1) is 22.8. The van der Waals surface area contributed by atoms with E-state index in [1.807, 2.05) is 4.90 Å². The second kappa shape index (κ2) is 9.52. The SMILES string of the molecule is O=C(CN1CCC(N[C@H]2CCS(=O)(=O)C2)CC1)NCc1ccccc1OC(F)(F)F. The maximum absolute atomic E-state index is 12.5. The maximum atomic E-state index is 12.5. The Morgan fingerprint density at radius 3 is 2.47 bits per heavy atom. The van der Waals surface area contributed by atoms with Crippen LogP contribution < -0.4 is 15.4 Å². The largest absolute Gasteiger partial charge is 0.573 e. The van der Waals surface area contributed by atoms with Gasteiger partial charge in [-0.3, -0.25) is 9.69 Å². The minimum atomic E-state index is -4.79. The second-order valence-electron chi connectivity index (χ2n) is 7.75. The number of benzene rings is 1. The average Bonchev–Trinajstić information content (AvgIpc) is 3.00. The summed E-state index contributed by atoms with van der Waals surface area (Å²) in [6.45, 7) is 1.49. The van der Waals surface area contributed by atoms with E-state index in [1.54, 1.807) is 6.07 Å². The number of hydrogen-bond acceptors (Lipinski definition) is 6. The molecule has 30 heavy (non-hydrogen) atoms. The highest BCUT2D eigenvalue weighted by atomic mass is 32.2. The van der Waals surface area contributed by atoms with Gasteiger partial charge < -0.3 is 15.4 Å². The zero-order valence-corrected chi connectivity index (χ0v) is 17.3. The molecule has 1 aromatic carbocycles. The van der Waals surface area contributed by atoms with Crippen LogP contribution in [0.1, 0.15) is 24.8 Å². The summed E-state index contributed by atoms with van der Waals surface area (Å²) >= 11 is 0. The molecule has 1 aromatic rings. The third-order valence-electron chi connectivity index (χ3n) is 5.33. The lowest BCUT2D eigenvalue weighted by Crippen LogP contribution is -2.48. The van der Waals surface area contributed by atoms with Gasteiger partial charge in [0.15, 0.2) is 9.84 Å². The topological polar surface area (TPSA) is 87.7 Å². The van der Waals surface area contributed by atoms with Crippen molar-refractivity contribution in [2.75, 3.05) is 31.1 Å². The number of rotatable bonds is 7. The molecule has 2 saturated heterocycles. The van der Waals surface area contributed by atoms with Crippen molar-refractivity contribution in [3.8, 4) is 5.75 Å². The quantitative estimate of drug-likeness (QED) is 0.655. The van der Waals surface area contributed by atoms with Crippen LogP contribution in [0, 0.1) is 0 Å². The Hall–Kier alpha value is -1.85. The van der Waals surface area contributed by atoms with Gasteiger partial charge in [0, 0.05) is 37.3 Å². The summed E-state index contributed by atoms with van der Waals surface area (Å²) in [5.74, 6) is -0.174. The van der Waals surface area contributed by atoms with Gasteiger partial charge in [0.05, 0.1) is 18.1 Å². The van der Waals surface area contributed by atoms with Crippen molar-refractivity contribution in [2.24, 2.45) is 0 Å². The molecule has 3 rings (SSSR count). The van der Waals surface area contributed by atoms with E-state index >= 15 is 0 Å². The van der Waals surface area contributed by atoms with Crippen molar-refractivity contribution in [1.82, 2.24) is 15.5 Å². The molecule has 0 spiro atoms. The zero-order chi connectivity index (χ0) is 21.8. The van der Waals surface area contributed by atoms with Gasteiger partial charge in [-0.05, 0) is 25.3 Å². The molecular formula is C19H26F3N3O4S. The van der Waals surface area contributed by atoms with Gasteiger partial charge in [0.2, 0.25) is 5.91 Å². The van der Waals surface area contributed by atoms with Crippen molar-refractivity contribution in [3.05, 3.63) is 29.8 Å². The molecule has 0 saturated carbocycles. The summed E-state index contributed by atoms with van der Waals surface area (Å²) in [6, 6.07) is 5.94. The first-order valence-electron chi connectivity index (χ1n) is 9.89. The van der Waals surface area contributed by atoms with Crippen LogP contribution in [0.3, 0.4) is 0 Å². The smallest absolute Gasteiger partial charge is 0.405 e. The van der Waals surface area contributed by atoms with Crippen molar-refractivity contribution >= 4 is 15.7 Å². The summed E-state index contributed by atoms with van der Waals surface area (Å²) in [4.78, 5) is 14.2. The second-order valence-corrected chi connectivity index (χ2v) is 9.98. The molecule has 0 bridgehead atoms. The number of halogens is 3. The number of carbonyl (C=O) groups excluding carboxylic acids is 1. The van der Waals surface area contributed by atoms with Gasteiger partial charge in [-0.1, -0.05) is 18.2 Å². The van der Waals surface area contributed by atoms with Gasteiger partial charge in [0.25, 0.3) is 0 Å². The monoisotopic (exact) mass is 449 g/mol. The molecule has 168 valence electrons. The number of alkyl halides is 3. The molecule has 2 heterocycles. The lowest BCUT2D eigenvalue weighted by atomic mass is 10.0. The fraction of sp³-hybridized carbons (Fsp3) is 0.632. The van der Waals surface area contributed by atoms with E-state index in [0.29, 0.717) is 19.5 Å². The van der Waals surface area contributed by atoms with Crippen LogP contribution in [0.4, 0.5) is 13.2 Å². The highest BCUT2D eigenvalue weighted by Gasteiger charge is 2.32. The third kappa shape index (κ3) is 7.13. The molecule has 0 radical (unpaired) electrons. The molecule has 2 aliphatic heterocycles. The van der Waals surface area contributed by atoms with Gasteiger partial charge >= 0.3 is 6.36 Å². The minimum absolute atomic E-state index is 0.00818. The van der Waals surface area contributed by atoms with E-state index in [0.717, 1.165) is 12.8 Å². The van der Waals surface area contributed by atoms with E-state index < -0.39 is 16.2 Å². The van der Waals surface area contributed by atoms with E-state index in [4.69, 9.17) is 0 Å². The maximum Gasteiger partial charge on any atom is 0.573 e. The number of para-hydroxylation sites is 1. The fourth-order valence-corrected chi connectivity index (χ4v) is 5.53. The van der Waals surface area contributed by atoms with Crippen molar-refractivity contribution < 1.29 is 31.1 Å². The summed E-state index contributed by atoms with van der Waals surface area (Å²) in [5.41, 5.74) is 0.248. The van der Waals surface area contributed by atoms with Crippen molar-refractivity contribution in [1.29, 1.82) is 0 Å². The Kier molecular flexibility index (Phi) is 7.25. The Labute approximate surface area is 173 Å². The van der Waals surface area contributed by atoms with Crippen LogP contribution in [0.25, 0.3) is 0 Å². The minimum Gasteiger partial charge on any atom is -0.405 e. The van der Waals surface area contributed by atoms with Gasteiger partial charge in [-0.15, -0.1) is 13.2 Å². The summed E-state index contributed by atoms with van der Waals surface area (Å²) in [5, 5.41) is 6.05. The van der Waals surface area contributed by atoms with Crippen LogP contribution >= 0.6 is 0 Å². The van der Waals surface area contributed by atoms with Gasteiger partial charge in [0.1, 0.15) is 5.75 Å². The molecule has 1 amide bonds. The predicted octanol–water partition coefficient (Wildman–Crippen LogP) is 1.44. The molecule has 0 unspecified atom stereocenters. The average molecular weight is 449 g/mol.